The lowest BCUT2D eigenvalue weighted by Crippen LogP contribution is -2.30. The average molecular weight is 1560 g/mol. The first-order valence-corrected chi connectivity index (χ1v) is 48.6. The van der Waals surface area contributed by atoms with E-state index in [0.29, 0.717) is 25.7 Å². The fraction of sp³-hybridized carbons (Fsp3) is 0.955. The Kier molecular flexibility index (Phi) is 79.2. The number of esters is 4. The summed E-state index contributed by atoms with van der Waals surface area (Å²) in [7, 11) is -9.92. The van der Waals surface area contributed by atoms with E-state index in [-0.39, 0.29) is 25.7 Å². The van der Waals surface area contributed by atoms with Crippen LogP contribution in [0.2, 0.25) is 0 Å². The number of phosphoric acid groups is 2. The van der Waals surface area contributed by atoms with E-state index in [1.165, 1.54) is 289 Å². The number of carbonyl (C=O) groups excluding carboxylic acids is 4. The Morgan fingerprint density at radius 3 is 0.636 bits per heavy atom. The van der Waals surface area contributed by atoms with E-state index in [2.05, 4.69) is 34.6 Å². The van der Waals surface area contributed by atoms with E-state index in [4.69, 9.17) is 37.0 Å². The van der Waals surface area contributed by atoms with Crippen molar-refractivity contribution in [3.8, 4) is 0 Å². The van der Waals surface area contributed by atoms with Crippen LogP contribution in [0.3, 0.4) is 0 Å². The van der Waals surface area contributed by atoms with Gasteiger partial charge in [-0.3, -0.25) is 37.3 Å². The molecular weight excluding hydrogens is 1390 g/mol. The van der Waals surface area contributed by atoms with Crippen LogP contribution < -0.4 is 0 Å². The number of phosphoric ester groups is 2. The van der Waals surface area contributed by atoms with Crippen LogP contribution in [0.5, 0.6) is 0 Å². The van der Waals surface area contributed by atoms with E-state index in [1.807, 2.05) is 0 Å². The van der Waals surface area contributed by atoms with Crippen molar-refractivity contribution in [2.45, 2.75) is 496 Å². The Balaban J connectivity index is 5.15. The predicted octanol–water partition coefficient (Wildman–Crippen LogP) is 27.2. The maximum absolute atomic E-state index is 13.1. The van der Waals surface area contributed by atoms with Gasteiger partial charge in [-0.05, 0) is 31.6 Å². The zero-order valence-electron chi connectivity index (χ0n) is 70.3. The van der Waals surface area contributed by atoms with Gasteiger partial charge in [0.2, 0.25) is 0 Å². The Hall–Kier alpha value is -1.94. The van der Waals surface area contributed by atoms with Crippen LogP contribution in [0.15, 0.2) is 0 Å². The van der Waals surface area contributed by atoms with Crippen LogP contribution in [-0.2, 0) is 65.4 Å². The zero-order valence-corrected chi connectivity index (χ0v) is 72.1. The SMILES string of the molecule is CCCCCCCCCCCCCCCCCCCCCCCC(=O)OC[C@H](COP(=O)(O)OC[C@@H](O)COP(=O)(O)OC[C@@H](COC(=O)CCCCCCCCC)OC(=O)CCCCCCCCCCCCCCCCCC(C)C)OC(=O)CCCCCCCCCCCCCCCCCCCCCCC. The van der Waals surface area contributed by atoms with Gasteiger partial charge in [-0.15, -0.1) is 0 Å². The van der Waals surface area contributed by atoms with Crippen molar-refractivity contribution in [3.63, 3.8) is 0 Å². The lowest BCUT2D eigenvalue weighted by molar-refractivity contribution is -0.161. The summed E-state index contributed by atoms with van der Waals surface area (Å²) in [5.41, 5.74) is 0. The van der Waals surface area contributed by atoms with Gasteiger partial charge in [-0.25, -0.2) is 9.13 Å². The molecule has 0 heterocycles. The molecule has 0 saturated carbocycles. The Labute approximate surface area is 658 Å². The number of ether oxygens (including phenoxy) is 4. The smallest absolute Gasteiger partial charge is 0.462 e. The van der Waals surface area contributed by atoms with Gasteiger partial charge in [-0.1, -0.05) is 426 Å². The number of unbranched alkanes of at least 4 members (excludes halogenated alkanes) is 60. The van der Waals surface area contributed by atoms with Crippen LogP contribution in [0.25, 0.3) is 0 Å². The maximum atomic E-state index is 13.1. The number of rotatable bonds is 88. The Morgan fingerprint density at radius 2 is 0.430 bits per heavy atom. The molecule has 0 aromatic rings. The first kappa shape index (κ1) is 105. The number of aliphatic hydroxyl groups excluding tert-OH is 1. The second-order valence-electron chi connectivity index (χ2n) is 32.1. The minimum atomic E-state index is -4.97. The second kappa shape index (κ2) is 80.7. The van der Waals surface area contributed by atoms with Crippen LogP contribution >= 0.6 is 15.6 Å². The molecule has 19 heteroatoms. The van der Waals surface area contributed by atoms with E-state index < -0.39 is 97.5 Å². The Bertz CT molecular complexity index is 2030. The van der Waals surface area contributed by atoms with Crippen molar-refractivity contribution in [3.05, 3.63) is 0 Å². The minimum absolute atomic E-state index is 0.108. The molecule has 0 fully saturated rings. The Morgan fingerprint density at radius 1 is 0.252 bits per heavy atom. The van der Waals surface area contributed by atoms with Crippen molar-refractivity contribution >= 4 is 39.5 Å². The summed E-state index contributed by atoms with van der Waals surface area (Å²) in [6, 6.07) is 0. The molecule has 0 spiro atoms. The van der Waals surface area contributed by atoms with Crippen molar-refractivity contribution in [1.29, 1.82) is 0 Å². The van der Waals surface area contributed by atoms with Crippen molar-refractivity contribution < 1.29 is 80.2 Å². The molecule has 0 rings (SSSR count). The first-order chi connectivity index (χ1) is 52.0. The van der Waals surface area contributed by atoms with Gasteiger partial charge in [0.1, 0.15) is 19.3 Å². The number of carbonyl (C=O) groups is 4. The molecule has 0 bridgehead atoms. The fourth-order valence-electron chi connectivity index (χ4n) is 13.8. The molecule has 636 valence electrons. The summed E-state index contributed by atoms with van der Waals surface area (Å²) in [5.74, 6) is -1.30. The highest BCUT2D eigenvalue weighted by molar-refractivity contribution is 7.47. The first-order valence-electron chi connectivity index (χ1n) is 45.6. The van der Waals surface area contributed by atoms with E-state index >= 15 is 0 Å². The van der Waals surface area contributed by atoms with Crippen molar-refractivity contribution in [1.82, 2.24) is 0 Å². The molecule has 5 atom stereocenters. The largest absolute Gasteiger partial charge is 0.472 e. The van der Waals surface area contributed by atoms with Crippen LogP contribution in [0.1, 0.15) is 478 Å². The van der Waals surface area contributed by atoms with Gasteiger partial charge in [0.15, 0.2) is 12.2 Å². The van der Waals surface area contributed by atoms with Gasteiger partial charge in [0, 0.05) is 25.7 Å². The van der Waals surface area contributed by atoms with Crippen LogP contribution in [-0.4, -0.2) is 96.7 Å². The molecule has 0 amide bonds. The molecule has 17 nitrogen and oxygen atoms in total. The van der Waals surface area contributed by atoms with E-state index in [1.54, 1.807) is 0 Å². The molecule has 0 radical (unpaired) electrons. The molecular formula is C88H172O17P2. The zero-order chi connectivity index (χ0) is 78.3. The third kappa shape index (κ3) is 81.9. The summed E-state index contributed by atoms with van der Waals surface area (Å²) in [4.78, 5) is 73.1. The molecule has 2 unspecified atom stereocenters. The highest BCUT2D eigenvalue weighted by Crippen LogP contribution is 2.45. The van der Waals surface area contributed by atoms with E-state index in [0.717, 1.165) is 109 Å². The third-order valence-electron chi connectivity index (χ3n) is 20.8. The number of hydrogen-bond acceptors (Lipinski definition) is 15. The summed E-state index contributed by atoms with van der Waals surface area (Å²) in [5, 5.41) is 10.7. The molecule has 0 aliphatic heterocycles. The summed E-state index contributed by atoms with van der Waals surface area (Å²) in [6.45, 7) is 7.35. The van der Waals surface area contributed by atoms with Crippen LogP contribution in [0, 0.1) is 5.92 Å². The van der Waals surface area contributed by atoms with Crippen molar-refractivity contribution in [2.24, 2.45) is 5.92 Å². The second-order valence-corrected chi connectivity index (χ2v) is 35.0. The van der Waals surface area contributed by atoms with E-state index in [9.17, 15) is 43.2 Å². The van der Waals surface area contributed by atoms with Gasteiger partial charge in [0.05, 0.1) is 26.4 Å². The quantitative estimate of drug-likeness (QED) is 0.0222. The molecule has 0 aromatic carbocycles. The molecule has 0 aromatic heterocycles. The van der Waals surface area contributed by atoms with Gasteiger partial charge < -0.3 is 33.8 Å². The molecule has 0 saturated heterocycles. The van der Waals surface area contributed by atoms with Crippen LogP contribution in [0.4, 0.5) is 0 Å². The highest BCUT2D eigenvalue weighted by atomic mass is 31.2. The lowest BCUT2D eigenvalue weighted by Gasteiger charge is -2.21. The minimum Gasteiger partial charge on any atom is -0.462 e. The predicted molar refractivity (Wildman–Crippen MR) is 442 cm³/mol. The standard InChI is InChI=1S/C88H172O17P2/c1-6-9-12-15-18-20-22-24-26-28-30-32-34-36-40-44-48-52-57-62-67-72-86(91)99-78-84(105-88(93)74-68-63-58-53-49-45-41-37-35-33-31-29-27-25-23-21-19-16-13-10-7-2)80-103-107(96,97)101-76-82(89)75-100-106(94,95)102-79-83(77-98-85(90)71-66-61-55-17-14-11-8-3)104-87(92)73-69-64-59-54-50-46-42-38-39-43-47-51-56-60-65-70-81(4)5/h81-84,89H,6-80H2,1-5H3,(H,94,95)(H,96,97)/t82-,83+,84+/m0/s1. The summed E-state index contributed by atoms with van der Waals surface area (Å²) >= 11 is 0. The lowest BCUT2D eigenvalue weighted by atomic mass is 10.0. The topological polar surface area (TPSA) is 237 Å². The molecule has 0 aliphatic rings. The normalized spacial score (nSPS) is 13.7. The maximum Gasteiger partial charge on any atom is 0.472 e. The summed E-state index contributed by atoms with van der Waals surface area (Å²) in [6.07, 6.45) is 75.4. The molecule has 0 aliphatic carbocycles. The third-order valence-corrected chi connectivity index (χ3v) is 22.7. The van der Waals surface area contributed by atoms with Gasteiger partial charge >= 0.3 is 39.5 Å². The van der Waals surface area contributed by atoms with Gasteiger partial charge in [0.25, 0.3) is 0 Å². The monoisotopic (exact) mass is 1560 g/mol. The molecule has 3 N–H and O–H groups in total. The number of hydrogen-bond donors (Lipinski definition) is 3. The summed E-state index contributed by atoms with van der Waals surface area (Å²) < 4.78 is 68.8. The fourth-order valence-corrected chi connectivity index (χ4v) is 15.4. The number of aliphatic hydroxyl groups is 1. The highest BCUT2D eigenvalue weighted by Gasteiger charge is 2.30. The molecule has 107 heavy (non-hydrogen) atoms. The van der Waals surface area contributed by atoms with Gasteiger partial charge in [-0.2, -0.15) is 0 Å². The van der Waals surface area contributed by atoms with Crippen molar-refractivity contribution in [2.75, 3.05) is 39.6 Å². The average Bonchev–Trinajstić information content (AvgIpc) is 0.911.